The van der Waals surface area contributed by atoms with Crippen LogP contribution in [0.5, 0.6) is 0 Å². The van der Waals surface area contributed by atoms with E-state index in [9.17, 15) is 9.18 Å². The Balaban J connectivity index is 1.58. The number of amides is 1. The lowest BCUT2D eigenvalue weighted by atomic mass is 10.1. The summed E-state index contributed by atoms with van der Waals surface area (Å²) in [5.74, 6) is -0.167. The molecule has 1 N–H and O–H groups in total. The van der Waals surface area contributed by atoms with Crippen LogP contribution in [0.2, 0.25) is 0 Å². The number of hydrogen-bond donors (Lipinski definition) is 1. The molecule has 4 nitrogen and oxygen atoms in total. The molecule has 0 aliphatic carbocycles. The smallest absolute Gasteiger partial charge is 0.230 e. The zero-order valence-corrected chi connectivity index (χ0v) is 16.3. The second-order valence-electron chi connectivity index (χ2n) is 5.51. The zero-order valence-electron chi connectivity index (χ0n) is 13.9. The van der Waals surface area contributed by atoms with Gasteiger partial charge in [-0.15, -0.1) is 5.10 Å². The van der Waals surface area contributed by atoms with Gasteiger partial charge in [0.25, 0.3) is 0 Å². The lowest BCUT2D eigenvalue weighted by Crippen LogP contribution is -2.28. The highest BCUT2D eigenvalue weighted by Gasteiger charge is 2.12. The maximum atomic E-state index is 13.0. The van der Waals surface area contributed by atoms with Crippen LogP contribution in [0, 0.1) is 9.77 Å². The number of nitrogens with zero attached hydrogens (tertiary/aromatic N) is 2. The predicted molar refractivity (Wildman–Crippen MR) is 106 cm³/mol. The van der Waals surface area contributed by atoms with Crippen molar-refractivity contribution in [3.05, 3.63) is 69.9 Å². The Hall–Kier alpha value is -2.03. The number of aromatic nitrogens is 2. The molecule has 3 aromatic rings. The first kappa shape index (κ1) is 18.8. The van der Waals surface area contributed by atoms with Crippen LogP contribution in [0.15, 0.2) is 58.9 Å². The minimum absolute atomic E-state index is 0.112. The van der Waals surface area contributed by atoms with Gasteiger partial charge in [-0.1, -0.05) is 53.4 Å². The molecule has 0 aliphatic rings. The number of hydrogen-bond acceptors (Lipinski definition) is 5. The van der Waals surface area contributed by atoms with Crippen molar-refractivity contribution in [3.63, 3.8) is 0 Å². The summed E-state index contributed by atoms with van der Waals surface area (Å²) in [6.45, 7) is 1.86. The van der Waals surface area contributed by atoms with Crippen molar-refractivity contribution in [1.82, 2.24) is 15.1 Å². The van der Waals surface area contributed by atoms with Crippen LogP contribution < -0.4 is 5.32 Å². The number of nitrogens with one attached hydrogen (secondary N) is 1. The fourth-order valence-electron chi connectivity index (χ4n) is 2.30. The fourth-order valence-corrected chi connectivity index (χ4v) is 4.47. The number of carbonyl (C=O) groups is 1. The molecule has 26 heavy (non-hydrogen) atoms. The van der Waals surface area contributed by atoms with Crippen molar-refractivity contribution in [1.29, 1.82) is 0 Å². The van der Waals surface area contributed by atoms with Gasteiger partial charge in [-0.3, -0.25) is 4.79 Å². The maximum absolute atomic E-state index is 13.0. The van der Waals surface area contributed by atoms with Crippen molar-refractivity contribution in [3.8, 4) is 5.69 Å². The highest BCUT2D eigenvalue weighted by molar-refractivity contribution is 8.01. The zero-order chi connectivity index (χ0) is 18.5. The van der Waals surface area contributed by atoms with Crippen LogP contribution in [-0.4, -0.2) is 21.4 Å². The first-order valence-corrected chi connectivity index (χ1v) is 10.1. The summed E-state index contributed by atoms with van der Waals surface area (Å²) in [6.07, 6.45) is 0. The van der Waals surface area contributed by atoms with E-state index in [1.807, 2.05) is 37.3 Å². The third-order valence-corrected chi connectivity index (χ3v) is 5.97. The largest absolute Gasteiger partial charge is 0.349 e. The molecular formula is C18H16FN3OS3. The molecule has 0 fully saturated rings. The normalized spacial score (nSPS) is 11.9. The highest BCUT2D eigenvalue weighted by Crippen LogP contribution is 2.24. The average molecular weight is 406 g/mol. The van der Waals surface area contributed by atoms with Crippen LogP contribution in [-0.2, 0) is 4.79 Å². The molecule has 0 bridgehead atoms. The maximum Gasteiger partial charge on any atom is 0.230 e. The monoisotopic (exact) mass is 405 g/mol. The Morgan fingerprint density at radius 1 is 1.27 bits per heavy atom. The topological polar surface area (TPSA) is 46.9 Å². The lowest BCUT2D eigenvalue weighted by molar-refractivity contribution is -0.119. The molecule has 0 saturated heterocycles. The summed E-state index contributed by atoms with van der Waals surface area (Å²) in [6, 6.07) is 15.6. The molecule has 1 aromatic heterocycles. The Kier molecular flexibility index (Phi) is 6.18. The molecule has 0 radical (unpaired) electrons. The summed E-state index contributed by atoms with van der Waals surface area (Å²) < 4.78 is 16.0. The van der Waals surface area contributed by atoms with E-state index in [-0.39, 0.29) is 23.5 Å². The summed E-state index contributed by atoms with van der Waals surface area (Å²) in [4.78, 5) is 12.2. The number of carbonyl (C=O) groups excluding carboxylic acids is 1. The summed E-state index contributed by atoms with van der Waals surface area (Å²) in [5, 5.41) is 7.37. The van der Waals surface area contributed by atoms with Gasteiger partial charge in [-0.05, 0) is 49.0 Å². The van der Waals surface area contributed by atoms with Crippen LogP contribution in [0.3, 0.4) is 0 Å². The van der Waals surface area contributed by atoms with Gasteiger partial charge in [0.1, 0.15) is 5.82 Å². The summed E-state index contributed by atoms with van der Waals surface area (Å²) in [7, 11) is 0. The first-order chi connectivity index (χ1) is 12.5. The SMILES string of the molecule is CC(NC(=O)CSc1nn(-c2ccccc2)c(=S)s1)c1ccc(F)cc1. The number of thioether (sulfide) groups is 1. The molecule has 1 atom stereocenters. The van der Waals surface area contributed by atoms with E-state index in [1.54, 1.807) is 16.8 Å². The van der Waals surface area contributed by atoms with E-state index in [1.165, 1.54) is 35.2 Å². The average Bonchev–Trinajstić information content (AvgIpc) is 3.02. The minimum Gasteiger partial charge on any atom is -0.349 e. The Morgan fingerprint density at radius 3 is 2.65 bits per heavy atom. The van der Waals surface area contributed by atoms with Gasteiger partial charge < -0.3 is 5.32 Å². The van der Waals surface area contributed by atoms with Crippen LogP contribution in [0.25, 0.3) is 5.69 Å². The highest BCUT2D eigenvalue weighted by atomic mass is 32.2. The molecule has 1 amide bonds. The number of benzene rings is 2. The van der Waals surface area contributed by atoms with Gasteiger partial charge in [-0.2, -0.15) is 0 Å². The standard InChI is InChI=1S/C18H16FN3OS3/c1-12(13-7-9-14(19)10-8-13)20-16(23)11-25-17-21-22(18(24)26-17)15-5-3-2-4-6-15/h2-10,12H,11H2,1H3,(H,20,23). The Bertz CT molecular complexity index is 938. The number of rotatable bonds is 6. The number of halogens is 1. The first-order valence-electron chi connectivity index (χ1n) is 7.86. The lowest BCUT2D eigenvalue weighted by Gasteiger charge is -2.13. The van der Waals surface area contributed by atoms with Gasteiger partial charge >= 0.3 is 0 Å². The molecular weight excluding hydrogens is 389 g/mol. The van der Waals surface area contributed by atoms with E-state index < -0.39 is 0 Å². The Labute approximate surface area is 164 Å². The third kappa shape index (κ3) is 4.78. The summed E-state index contributed by atoms with van der Waals surface area (Å²) >= 11 is 8.08. The molecule has 3 rings (SSSR count). The molecule has 0 aliphatic heterocycles. The van der Waals surface area contributed by atoms with Crippen LogP contribution in [0.1, 0.15) is 18.5 Å². The van der Waals surface area contributed by atoms with Gasteiger partial charge in [0, 0.05) is 0 Å². The van der Waals surface area contributed by atoms with Crippen LogP contribution in [0.4, 0.5) is 4.39 Å². The molecule has 8 heteroatoms. The predicted octanol–water partition coefficient (Wildman–Crippen LogP) is 4.77. The minimum atomic E-state index is -0.293. The quantitative estimate of drug-likeness (QED) is 0.474. The van der Waals surface area contributed by atoms with Crippen molar-refractivity contribution in [2.24, 2.45) is 0 Å². The van der Waals surface area contributed by atoms with E-state index >= 15 is 0 Å². The van der Waals surface area contributed by atoms with Crippen molar-refractivity contribution < 1.29 is 9.18 Å². The number of para-hydroxylation sites is 1. The molecule has 1 unspecified atom stereocenters. The van der Waals surface area contributed by atoms with Crippen molar-refractivity contribution >= 4 is 41.2 Å². The van der Waals surface area contributed by atoms with E-state index in [2.05, 4.69) is 10.4 Å². The van der Waals surface area contributed by atoms with Crippen molar-refractivity contribution in [2.75, 3.05) is 5.75 Å². The van der Waals surface area contributed by atoms with Gasteiger partial charge in [-0.25, -0.2) is 9.07 Å². The molecule has 2 aromatic carbocycles. The Morgan fingerprint density at radius 2 is 1.96 bits per heavy atom. The fraction of sp³-hybridized carbons (Fsp3) is 0.167. The van der Waals surface area contributed by atoms with Crippen LogP contribution >= 0.6 is 35.3 Å². The van der Waals surface area contributed by atoms with E-state index in [4.69, 9.17) is 12.2 Å². The third-order valence-electron chi connectivity index (χ3n) is 3.60. The van der Waals surface area contributed by atoms with E-state index in [0.717, 1.165) is 15.6 Å². The second-order valence-corrected chi connectivity index (χ2v) is 8.36. The summed E-state index contributed by atoms with van der Waals surface area (Å²) in [5.41, 5.74) is 1.75. The molecule has 0 saturated carbocycles. The molecule has 0 spiro atoms. The van der Waals surface area contributed by atoms with Crippen molar-refractivity contribution in [2.45, 2.75) is 17.3 Å². The second kappa shape index (κ2) is 8.57. The van der Waals surface area contributed by atoms with Gasteiger partial charge in [0.05, 0.1) is 17.5 Å². The molecule has 1 heterocycles. The van der Waals surface area contributed by atoms with E-state index in [0.29, 0.717) is 3.95 Å². The molecule has 134 valence electrons. The van der Waals surface area contributed by atoms with Gasteiger partial charge in [0.15, 0.2) is 8.29 Å². The van der Waals surface area contributed by atoms with Gasteiger partial charge in [0.2, 0.25) is 5.91 Å².